The molecule has 2 aliphatic rings. The Morgan fingerprint density at radius 3 is 2.62 bits per heavy atom. The Kier molecular flexibility index (Phi) is 8.25. The highest BCUT2D eigenvalue weighted by Gasteiger charge is 2.42. The number of nitrogens with zero attached hydrogens (tertiary/aromatic N) is 3. The molecule has 8 nitrogen and oxygen atoms in total. The predicted octanol–water partition coefficient (Wildman–Crippen LogP) is 4.09. The fourth-order valence-corrected chi connectivity index (χ4v) is 4.98. The summed E-state index contributed by atoms with van der Waals surface area (Å²) in [5, 5.41) is 21.3. The van der Waals surface area contributed by atoms with Gasteiger partial charge in [-0.15, -0.1) is 0 Å². The van der Waals surface area contributed by atoms with Gasteiger partial charge in [0.15, 0.2) is 5.79 Å². The highest BCUT2D eigenvalue weighted by atomic mass is 16.7. The van der Waals surface area contributed by atoms with E-state index in [9.17, 15) is 15.4 Å². The molecule has 2 heterocycles. The summed E-state index contributed by atoms with van der Waals surface area (Å²) in [6, 6.07) is 19.1. The monoisotopic (exact) mass is 465 g/mol. The van der Waals surface area contributed by atoms with E-state index in [4.69, 9.17) is 14.2 Å². The Morgan fingerprint density at radius 2 is 1.88 bits per heavy atom. The molecular formula is C26H31N3O5. The number of benzene rings is 2. The highest BCUT2D eigenvalue weighted by molar-refractivity contribution is 5.40. The molecule has 0 N–H and O–H groups in total. The zero-order chi connectivity index (χ0) is 23.8. The van der Waals surface area contributed by atoms with E-state index in [1.54, 1.807) is 18.2 Å². The van der Waals surface area contributed by atoms with Crippen molar-refractivity contribution in [2.45, 2.75) is 44.1 Å². The molecule has 0 amide bonds. The molecule has 180 valence electrons. The summed E-state index contributed by atoms with van der Waals surface area (Å²) in [4.78, 5) is 13.3. The van der Waals surface area contributed by atoms with E-state index in [1.807, 2.05) is 30.3 Å². The molecule has 0 aliphatic carbocycles. The van der Waals surface area contributed by atoms with Crippen LogP contribution in [0, 0.1) is 27.4 Å². The van der Waals surface area contributed by atoms with Gasteiger partial charge in [-0.3, -0.25) is 15.0 Å². The summed E-state index contributed by atoms with van der Waals surface area (Å²) >= 11 is 0. The fraction of sp³-hybridized carbons (Fsp3) is 0.500. The molecule has 2 aromatic rings. The highest BCUT2D eigenvalue weighted by Crippen LogP contribution is 2.37. The van der Waals surface area contributed by atoms with Gasteiger partial charge in [0.2, 0.25) is 0 Å². The van der Waals surface area contributed by atoms with Crippen LogP contribution in [0.3, 0.4) is 0 Å². The van der Waals surface area contributed by atoms with Gasteiger partial charge in [-0.25, -0.2) is 0 Å². The lowest BCUT2D eigenvalue weighted by molar-refractivity contribution is -0.386. The van der Waals surface area contributed by atoms with E-state index >= 15 is 0 Å². The molecule has 34 heavy (non-hydrogen) atoms. The van der Waals surface area contributed by atoms with Crippen molar-refractivity contribution in [2.75, 3.05) is 32.9 Å². The summed E-state index contributed by atoms with van der Waals surface area (Å²) in [6.45, 7) is 3.61. The van der Waals surface area contributed by atoms with Crippen LogP contribution in [-0.4, -0.2) is 54.6 Å². The lowest BCUT2D eigenvalue weighted by Gasteiger charge is -2.39. The molecule has 0 radical (unpaired) electrons. The van der Waals surface area contributed by atoms with Crippen molar-refractivity contribution in [1.82, 2.24) is 4.90 Å². The Labute approximate surface area is 200 Å². The lowest BCUT2D eigenvalue weighted by Crippen LogP contribution is -2.46. The quantitative estimate of drug-likeness (QED) is 0.296. The van der Waals surface area contributed by atoms with Gasteiger partial charge >= 0.3 is 0 Å². The molecule has 4 rings (SSSR count). The SMILES string of the molecule is N#C[C@H]1C[C@H](CC2(Cc3ccccc3[N+](=O)[O-])OCCO2)CCN1CCOCc1ccccc1. The number of likely N-dealkylation sites (tertiary alicyclic amines) is 1. The van der Waals surface area contributed by atoms with E-state index in [0.29, 0.717) is 51.4 Å². The van der Waals surface area contributed by atoms with Gasteiger partial charge < -0.3 is 14.2 Å². The van der Waals surface area contributed by atoms with Gasteiger partial charge in [-0.05, 0) is 30.9 Å². The first-order valence-corrected chi connectivity index (χ1v) is 11.8. The Bertz CT molecular complexity index is 987. The van der Waals surface area contributed by atoms with Crippen molar-refractivity contribution in [2.24, 2.45) is 5.92 Å². The van der Waals surface area contributed by atoms with Gasteiger partial charge in [-0.2, -0.15) is 5.26 Å². The number of nitriles is 1. The van der Waals surface area contributed by atoms with Crippen molar-refractivity contribution in [3.05, 3.63) is 75.8 Å². The number of rotatable bonds is 10. The van der Waals surface area contributed by atoms with Crippen molar-refractivity contribution in [1.29, 1.82) is 5.26 Å². The van der Waals surface area contributed by atoms with Gasteiger partial charge in [0.1, 0.15) is 0 Å². The summed E-state index contributed by atoms with van der Waals surface area (Å²) in [7, 11) is 0. The molecule has 2 fully saturated rings. The molecule has 2 aromatic carbocycles. The third-order valence-electron chi connectivity index (χ3n) is 6.67. The number of hydrogen-bond donors (Lipinski definition) is 0. The van der Waals surface area contributed by atoms with Crippen molar-refractivity contribution >= 4 is 5.69 Å². The van der Waals surface area contributed by atoms with E-state index in [1.165, 1.54) is 6.07 Å². The van der Waals surface area contributed by atoms with Crippen LogP contribution in [0.15, 0.2) is 54.6 Å². The van der Waals surface area contributed by atoms with Crippen LogP contribution in [-0.2, 0) is 27.2 Å². The van der Waals surface area contributed by atoms with E-state index in [2.05, 4.69) is 11.0 Å². The second-order valence-corrected chi connectivity index (χ2v) is 8.98. The third kappa shape index (κ3) is 6.19. The molecule has 0 bridgehead atoms. The summed E-state index contributed by atoms with van der Waals surface area (Å²) < 4.78 is 17.9. The molecule has 0 unspecified atom stereocenters. The lowest BCUT2D eigenvalue weighted by atomic mass is 9.84. The van der Waals surface area contributed by atoms with Gasteiger partial charge in [0.25, 0.3) is 5.69 Å². The van der Waals surface area contributed by atoms with Crippen molar-refractivity contribution < 1.29 is 19.1 Å². The zero-order valence-electron chi connectivity index (χ0n) is 19.3. The number of para-hydroxylation sites is 1. The first kappa shape index (κ1) is 24.3. The number of nitro groups is 1. The van der Waals surface area contributed by atoms with Crippen LogP contribution in [0.25, 0.3) is 0 Å². The number of hydrogen-bond acceptors (Lipinski definition) is 7. The van der Waals surface area contributed by atoms with Crippen LogP contribution in [0.2, 0.25) is 0 Å². The average Bonchev–Trinajstić information content (AvgIpc) is 3.31. The minimum Gasteiger partial charge on any atom is -0.375 e. The van der Waals surface area contributed by atoms with Crippen LogP contribution >= 0.6 is 0 Å². The van der Waals surface area contributed by atoms with E-state index in [-0.39, 0.29) is 22.6 Å². The van der Waals surface area contributed by atoms with E-state index in [0.717, 1.165) is 24.9 Å². The molecule has 2 atom stereocenters. The molecule has 8 heteroatoms. The maximum absolute atomic E-state index is 11.5. The van der Waals surface area contributed by atoms with Gasteiger partial charge in [0.05, 0.1) is 43.5 Å². The fourth-order valence-electron chi connectivity index (χ4n) is 4.98. The maximum atomic E-state index is 11.5. The van der Waals surface area contributed by atoms with Crippen LogP contribution in [0.4, 0.5) is 5.69 Å². The summed E-state index contributed by atoms with van der Waals surface area (Å²) in [5.41, 5.74) is 1.83. The minimum atomic E-state index is -0.877. The third-order valence-corrected chi connectivity index (χ3v) is 6.67. The van der Waals surface area contributed by atoms with Crippen LogP contribution in [0.1, 0.15) is 30.4 Å². The minimum absolute atomic E-state index is 0.0844. The number of nitro benzene ring substituents is 1. The molecule has 0 saturated carbocycles. The number of piperidine rings is 1. The second kappa shape index (κ2) is 11.5. The number of ether oxygens (including phenoxy) is 3. The predicted molar refractivity (Wildman–Crippen MR) is 126 cm³/mol. The van der Waals surface area contributed by atoms with Crippen molar-refractivity contribution in [3.63, 3.8) is 0 Å². The van der Waals surface area contributed by atoms with Crippen molar-refractivity contribution in [3.8, 4) is 6.07 Å². The first-order valence-electron chi connectivity index (χ1n) is 11.8. The molecule has 2 saturated heterocycles. The topological polar surface area (TPSA) is 97.9 Å². The Hall–Kier alpha value is -2.83. The van der Waals surface area contributed by atoms with E-state index < -0.39 is 5.79 Å². The Morgan fingerprint density at radius 1 is 1.15 bits per heavy atom. The zero-order valence-corrected chi connectivity index (χ0v) is 19.3. The van der Waals surface area contributed by atoms with Crippen LogP contribution in [0.5, 0.6) is 0 Å². The smallest absolute Gasteiger partial charge is 0.272 e. The largest absolute Gasteiger partial charge is 0.375 e. The molecule has 2 aliphatic heterocycles. The van der Waals surface area contributed by atoms with Crippen LogP contribution < -0.4 is 0 Å². The first-order chi connectivity index (χ1) is 16.6. The normalized spacial score (nSPS) is 22.3. The summed E-state index contributed by atoms with van der Waals surface area (Å²) in [5.74, 6) is -0.635. The molecule has 0 aromatic heterocycles. The average molecular weight is 466 g/mol. The molecule has 0 spiro atoms. The second-order valence-electron chi connectivity index (χ2n) is 8.98. The standard InChI is InChI=1S/C26H31N3O5/c27-19-24-16-22(10-11-28(24)12-13-32-20-21-6-2-1-3-7-21)17-26(33-14-15-34-26)18-23-8-4-5-9-25(23)29(30)31/h1-9,22,24H,10-18,20H2/t22-,24-/m1/s1. The summed E-state index contributed by atoms with van der Waals surface area (Å²) in [6.07, 6.45) is 2.59. The maximum Gasteiger partial charge on any atom is 0.272 e. The van der Waals surface area contributed by atoms with Gasteiger partial charge in [0, 0.05) is 31.0 Å². The molecular weight excluding hydrogens is 434 g/mol. The Balaban J connectivity index is 1.32. The van der Waals surface area contributed by atoms with Gasteiger partial charge in [-0.1, -0.05) is 48.5 Å².